The van der Waals surface area contributed by atoms with Gasteiger partial charge in [0.15, 0.2) is 0 Å². The number of hydrogen-bond acceptors (Lipinski definition) is 3. The number of rotatable bonds is 4. The Labute approximate surface area is 82.2 Å². The van der Waals surface area contributed by atoms with E-state index >= 15 is 0 Å². The second-order valence-corrected chi connectivity index (χ2v) is 3.37. The van der Waals surface area contributed by atoms with Crippen molar-refractivity contribution in [3.63, 3.8) is 0 Å². The number of aryl methyl sites for hydroxylation is 1. The number of carboxylic acids is 1. The Kier molecular flexibility index (Phi) is 3.76. The molecule has 0 radical (unpaired) electrons. The minimum Gasteiger partial charge on any atom is -0.480 e. The molecule has 0 saturated heterocycles. The smallest absolute Gasteiger partial charge is 0.316 e. The lowest BCUT2D eigenvalue weighted by Crippen LogP contribution is -2.13. The van der Waals surface area contributed by atoms with E-state index in [9.17, 15) is 4.79 Å². The van der Waals surface area contributed by atoms with Gasteiger partial charge in [-0.3, -0.25) is 9.78 Å². The first kappa shape index (κ1) is 10.1. The quantitative estimate of drug-likeness (QED) is 0.717. The van der Waals surface area contributed by atoms with Gasteiger partial charge in [-0.2, -0.15) is 12.6 Å². The molecule has 0 aliphatic rings. The Balaban J connectivity index is 2.39. The predicted octanol–water partition coefficient (Wildman–Crippen LogP) is 1.40. The van der Waals surface area contributed by atoms with Crippen molar-refractivity contribution < 1.29 is 9.90 Å². The van der Waals surface area contributed by atoms with Crippen molar-refractivity contribution in [3.05, 3.63) is 30.1 Å². The highest BCUT2D eigenvalue weighted by Crippen LogP contribution is 2.07. The Morgan fingerprint density at radius 3 is 2.69 bits per heavy atom. The largest absolute Gasteiger partial charge is 0.480 e. The monoisotopic (exact) mass is 197 g/mol. The van der Waals surface area contributed by atoms with Crippen LogP contribution in [0.2, 0.25) is 0 Å². The van der Waals surface area contributed by atoms with Crippen LogP contribution in [0.3, 0.4) is 0 Å². The number of thiol groups is 1. The van der Waals surface area contributed by atoms with Crippen molar-refractivity contribution in [2.45, 2.75) is 18.1 Å². The fourth-order valence-electron chi connectivity index (χ4n) is 0.976. The molecule has 1 rings (SSSR count). The van der Waals surface area contributed by atoms with E-state index in [4.69, 9.17) is 5.11 Å². The van der Waals surface area contributed by atoms with Crippen molar-refractivity contribution in [1.82, 2.24) is 4.98 Å². The summed E-state index contributed by atoms with van der Waals surface area (Å²) in [5.74, 6) is -0.864. The summed E-state index contributed by atoms with van der Waals surface area (Å²) in [5.41, 5.74) is 1.09. The zero-order valence-corrected chi connectivity index (χ0v) is 7.95. The van der Waals surface area contributed by atoms with Crippen LogP contribution in [0, 0.1) is 0 Å². The maximum Gasteiger partial charge on any atom is 0.316 e. The molecule has 0 spiro atoms. The highest BCUT2D eigenvalue weighted by molar-refractivity contribution is 7.81. The van der Waals surface area contributed by atoms with Gasteiger partial charge in [-0.25, -0.2) is 0 Å². The van der Waals surface area contributed by atoms with Crippen LogP contribution in [-0.2, 0) is 11.2 Å². The summed E-state index contributed by atoms with van der Waals surface area (Å²) in [5, 5.41) is 8.00. The van der Waals surface area contributed by atoms with Crippen LogP contribution in [0.25, 0.3) is 0 Å². The molecular formula is C9H11NO2S. The van der Waals surface area contributed by atoms with E-state index in [2.05, 4.69) is 17.6 Å². The van der Waals surface area contributed by atoms with Gasteiger partial charge in [0.05, 0.1) is 5.25 Å². The van der Waals surface area contributed by atoms with Crippen LogP contribution < -0.4 is 0 Å². The fraction of sp³-hybridized carbons (Fsp3) is 0.333. The van der Waals surface area contributed by atoms with Gasteiger partial charge in [-0.05, 0) is 30.5 Å². The molecule has 0 aromatic carbocycles. The zero-order chi connectivity index (χ0) is 9.68. The van der Waals surface area contributed by atoms with Crippen LogP contribution in [0.4, 0.5) is 0 Å². The van der Waals surface area contributed by atoms with Gasteiger partial charge in [0.25, 0.3) is 0 Å². The molecule has 0 saturated carbocycles. The van der Waals surface area contributed by atoms with Crippen molar-refractivity contribution in [3.8, 4) is 0 Å². The number of pyridine rings is 1. The second kappa shape index (κ2) is 4.87. The number of carboxylic acid groups (broad SMARTS) is 1. The lowest BCUT2D eigenvalue weighted by molar-refractivity contribution is -0.136. The van der Waals surface area contributed by atoms with Gasteiger partial charge in [0, 0.05) is 12.4 Å². The summed E-state index contributed by atoms with van der Waals surface area (Å²) < 4.78 is 0. The topological polar surface area (TPSA) is 50.2 Å². The van der Waals surface area contributed by atoms with Crippen LogP contribution in [-0.4, -0.2) is 21.3 Å². The molecule has 0 bridgehead atoms. The molecule has 1 heterocycles. The van der Waals surface area contributed by atoms with Crippen molar-refractivity contribution in [1.29, 1.82) is 0 Å². The van der Waals surface area contributed by atoms with Gasteiger partial charge in [0.1, 0.15) is 0 Å². The highest BCUT2D eigenvalue weighted by Gasteiger charge is 2.10. The highest BCUT2D eigenvalue weighted by atomic mass is 32.1. The number of aromatic nitrogens is 1. The molecule has 1 aromatic rings. The zero-order valence-electron chi connectivity index (χ0n) is 7.05. The molecule has 1 N–H and O–H groups in total. The minimum absolute atomic E-state index is 0.544. The van der Waals surface area contributed by atoms with Gasteiger partial charge in [-0.1, -0.05) is 0 Å². The van der Waals surface area contributed by atoms with Crippen molar-refractivity contribution in [2.24, 2.45) is 0 Å². The second-order valence-electron chi connectivity index (χ2n) is 2.75. The van der Waals surface area contributed by atoms with Gasteiger partial charge in [0.2, 0.25) is 0 Å². The normalized spacial score (nSPS) is 12.4. The number of hydrogen-bond donors (Lipinski definition) is 2. The summed E-state index contributed by atoms with van der Waals surface area (Å²) in [6, 6.07) is 3.75. The molecular weight excluding hydrogens is 186 g/mol. The van der Waals surface area contributed by atoms with Crippen LogP contribution in [0.15, 0.2) is 24.5 Å². The molecule has 1 aromatic heterocycles. The van der Waals surface area contributed by atoms with Gasteiger partial charge in [-0.15, -0.1) is 0 Å². The van der Waals surface area contributed by atoms with E-state index in [0.717, 1.165) is 12.0 Å². The number of nitrogens with zero attached hydrogens (tertiary/aromatic N) is 1. The average Bonchev–Trinajstić information content (AvgIpc) is 2.15. The summed E-state index contributed by atoms with van der Waals surface area (Å²) in [6.07, 6.45) is 4.67. The third kappa shape index (κ3) is 3.46. The number of carbonyl (C=O) groups is 1. The molecule has 0 aliphatic carbocycles. The molecule has 70 valence electrons. The predicted molar refractivity (Wildman–Crippen MR) is 53.0 cm³/mol. The minimum atomic E-state index is -0.864. The Morgan fingerprint density at radius 1 is 1.54 bits per heavy atom. The molecule has 1 atom stereocenters. The van der Waals surface area contributed by atoms with Crippen LogP contribution in [0.5, 0.6) is 0 Å². The van der Waals surface area contributed by atoms with E-state index in [-0.39, 0.29) is 0 Å². The Hall–Kier alpha value is -1.03. The first-order valence-corrected chi connectivity index (χ1v) is 4.51. The molecule has 3 nitrogen and oxygen atoms in total. The molecule has 0 fully saturated rings. The standard InChI is InChI=1S/C9H11NO2S/c11-9(12)8(13)2-1-7-3-5-10-6-4-7/h3-6,8,13H,1-2H2,(H,11,12). The summed E-state index contributed by atoms with van der Waals surface area (Å²) in [7, 11) is 0. The molecule has 0 amide bonds. The maximum absolute atomic E-state index is 10.4. The third-order valence-electron chi connectivity index (χ3n) is 1.74. The SMILES string of the molecule is O=C(O)C(S)CCc1ccncc1. The van der Waals surface area contributed by atoms with Gasteiger partial charge < -0.3 is 5.11 Å². The summed E-state index contributed by atoms with van der Waals surface area (Å²) >= 11 is 3.94. The van der Waals surface area contributed by atoms with Crippen LogP contribution >= 0.6 is 12.6 Å². The summed E-state index contributed by atoms with van der Waals surface area (Å²) in [6.45, 7) is 0. The first-order chi connectivity index (χ1) is 6.20. The van der Waals surface area contributed by atoms with E-state index in [1.807, 2.05) is 12.1 Å². The van der Waals surface area contributed by atoms with E-state index in [1.165, 1.54) is 0 Å². The van der Waals surface area contributed by atoms with E-state index < -0.39 is 11.2 Å². The lowest BCUT2D eigenvalue weighted by atomic mass is 10.1. The lowest BCUT2D eigenvalue weighted by Gasteiger charge is -2.04. The first-order valence-electron chi connectivity index (χ1n) is 4.00. The third-order valence-corrected chi connectivity index (χ3v) is 2.22. The molecule has 4 heteroatoms. The van der Waals surface area contributed by atoms with Gasteiger partial charge >= 0.3 is 5.97 Å². The van der Waals surface area contributed by atoms with E-state index in [1.54, 1.807) is 12.4 Å². The van der Waals surface area contributed by atoms with Crippen LogP contribution in [0.1, 0.15) is 12.0 Å². The molecule has 13 heavy (non-hydrogen) atoms. The fourth-order valence-corrected chi connectivity index (χ4v) is 1.11. The van der Waals surface area contributed by atoms with E-state index in [0.29, 0.717) is 6.42 Å². The number of aliphatic carboxylic acids is 1. The Bertz CT molecular complexity index is 276. The maximum atomic E-state index is 10.4. The molecule has 0 aliphatic heterocycles. The average molecular weight is 197 g/mol. The molecule has 1 unspecified atom stereocenters. The Morgan fingerprint density at radius 2 is 2.15 bits per heavy atom. The van der Waals surface area contributed by atoms with Crippen molar-refractivity contribution >= 4 is 18.6 Å². The van der Waals surface area contributed by atoms with Crippen molar-refractivity contribution in [2.75, 3.05) is 0 Å². The summed E-state index contributed by atoms with van der Waals surface area (Å²) in [4.78, 5) is 14.3.